The topological polar surface area (TPSA) is 96.3 Å². The minimum atomic E-state index is -3.49. The zero-order valence-corrected chi connectivity index (χ0v) is 10.7. The molecule has 0 heterocycles. The molecule has 0 fully saturated rings. The molecule has 1 aromatic carbocycles. The Bertz CT molecular complexity index is 589. The highest BCUT2D eigenvalue weighted by molar-refractivity contribution is 7.92. The summed E-state index contributed by atoms with van der Waals surface area (Å²) in [6.45, 7) is 1.42. The van der Waals surface area contributed by atoms with Crippen molar-refractivity contribution in [3.63, 3.8) is 0 Å². The lowest BCUT2D eigenvalue weighted by Gasteiger charge is -2.11. The van der Waals surface area contributed by atoms with Crippen molar-refractivity contribution in [3.8, 4) is 6.07 Å². The van der Waals surface area contributed by atoms with Crippen molar-refractivity contribution < 1.29 is 17.9 Å². The number of sulfonamides is 1. The van der Waals surface area contributed by atoms with Gasteiger partial charge in [-0.2, -0.15) is 5.26 Å². The van der Waals surface area contributed by atoms with E-state index in [1.165, 1.54) is 19.1 Å². The van der Waals surface area contributed by atoms with Crippen LogP contribution in [0.1, 0.15) is 17.3 Å². The van der Waals surface area contributed by atoms with Crippen LogP contribution >= 0.6 is 0 Å². The van der Waals surface area contributed by atoms with Crippen LogP contribution in [-0.4, -0.2) is 26.7 Å². The second-order valence-electron chi connectivity index (χ2n) is 3.60. The zero-order valence-electron chi connectivity index (χ0n) is 9.88. The van der Waals surface area contributed by atoms with Gasteiger partial charge in [-0.3, -0.25) is 4.72 Å². The van der Waals surface area contributed by atoms with Crippen LogP contribution in [0.15, 0.2) is 24.3 Å². The number of rotatable bonds is 4. The van der Waals surface area contributed by atoms with Crippen LogP contribution < -0.4 is 4.72 Å². The van der Waals surface area contributed by atoms with Crippen molar-refractivity contribution in [2.24, 2.45) is 0 Å². The molecule has 1 N–H and O–H groups in total. The fourth-order valence-electron chi connectivity index (χ4n) is 1.20. The van der Waals surface area contributed by atoms with Crippen molar-refractivity contribution in [1.29, 1.82) is 5.26 Å². The standard InChI is InChI=1S/C11H12N2O4S/c1-8(7-12)17-11(14)9-5-3-4-6-10(9)13-18(2,15)16/h3-6,8,13H,1-2H3. The second-order valence-corrected chi connectivity index (χ2v) is 5.34. The Balaban J connectivity index is 3.03. The number of para-hydroxylation sites is 1. The average Bonchev–Trinajstić information content (AvgIpc) is 2.27. The van der Waals surface area contributed by atoms with Crippen molar-refractivity contribution >= 4 is 21.7 Å². The first kappa shape index (κ1) is 14.0. The molecule has 0 bridgehead atoms. The van der Waals surface area contributed by atoms with Crippen molar-refractivity contribution in [2.45, 2.75) is 13.0 Å². The Labute approximate surface area is 105 Å². The number of hydrogen-bond donors (Lipinski definition) is 1. The molecule has 18 heavy (non-hydrogen) atoms. The van der Waals surface area contributed by atoms with Crippen LogP contribution in [0.4, 0.5) is 5.69 Å². The number of anilines is 1. The lowest BCUT2D eigenvalue weighted by Crippen LogP contribution is -2.17. The summed E-state index contributed by atoms with van der Waals surface area (Å²) in [5.74, 6) is -0.754. The monoisotopic (exact) mass is 268 g/mol. The van der Waals surface area contributed by atoms with E-state index in [9.17, 15) is 13.2 Å². The predicted octanol–water partition coefficient (Wildman–Crippen LogP) is 1.13. The fourth-order valence-corrected chi connectivity index (χ4v) is 1.78. The van der Waals surface area contributed by atoms with Gasteiger partial charge in [-0.1, -0.05) is 12.1 Å². The van der Waals surface area contributed by atoms with Gasteiger partial charge in [-0.15, -0.1) is 0 Å². The predicted molar refractivity (Wildman–Crippen MR) is 65.4 cm³/mol. The lowest BCUT2D eigenvalue weighted by atomic mass is 10.2. The number of hydrogen-bond acceptors (Lipinski definition) is 5. The highest BCUT2D eigenvalue weighted by Gasteiger charge is 2.16. The third-order valence-corrected chi connectivity index (χ3v) is 2.50. The number of carbonyl (C=O) groups excluding carboxylic acids is 1. The number of ether oxygens (including phenoxy) is 1. The normalized spacial score (nSPS) is 12.3. The van der Waals surface area contributed by atoms with E-state index in [1.807, 2.05) is 0 Å². The van der Waals surface area contributed by atoms with E-state index >= 15 is 0 Å². The van der Waals surface area contributed by atoms with Crippen LogP contribution in [0.2, 0.25) is 0 Å². The summed E-state index contributed by atoms with van der Waals surface area (Å²) < 4.78 is 29.3. The maximum absolute atomic E-state index is 11.7. The summed E-state index contributed by atoms with van der Waals surface area (Å²) in [5, 5.41) is 8.55. The van der Waals surface area contributed by atoms with E-state index in [0.717, 1.165) is 6.26 Å². The summed E-state index contributed by atoms with van der Waals surface area (Å²) in [6.07, 6.45) is 0.0799. The minimum Gasteiger partial charge on any atom is -0.444 e. The van der Waals surface area contributed by atoms with Crippen molar-refractivity contribution in [1.82, 2.24) is 0 Å². The Morgan fingerprint density at radius 2 is 2.06 bits per heavy atom. The molecule has 1 atom stereocenters. The lowest BCUT2D eigenvalue weighted by molar-refractivity contribution is 0.0437. The van der Waals surface area contributed by atoms with E-state index in [2.05, 4.69) is 4.72 Å². The van der Waals surface area contributed by atoms with E-state index < -0.39 is 22.1 Å². The maximum atomic E-state index is 11.7. The minimum absolute atomic E-state index is 0.0602. The molecule has 1 rings (SSSR count). The quantitative estimate of drug-likeness (QED) is 0.825. The van der Waals surface area contributed by atoms with E-state index in [-0.39, 0.29) is 11.3 Å². The Morgan fingerprint density at radius 3 is 2.61 bits per heavy atom. The highest BCUT2D eigenvalue weighted by atomic mass is 32.2. The number of nitrogens with zero attached hydrogens (tertiary/aromatic N) is 1. The van der Waals surface area contributed by atoms with Gasteiger partial charge in [0, 0.05) is 0 Å². The Kier molecular flexibility index (Phi) is 4.28. The first-order valence-corrected chi connectivity index (χ1v) is 6.90. The number of nitrogens with one attached hydrogen (secondary N) is 1. The van der Waals surface area contributed by atoms with Crippen LogP contribution in [0.3, 0.4) is 0 Å². The van der Waals surface area contributed by atoms with E-state index in [1.54, 1.807) is 18.2 Å². The van der Waals surface area contributed by atoms with E-state index in [0.29, 0.717) is 0 Å². The molecule has 0 aliphatic carbocycles. The molecule has 7 heteroatoms. The van der Waals surface area contributed by atoms with Gasteiger partial charge in [0.25, 0.3) is 0 Å². The van der Waals surface area contributed by atoms with Crippen molar-refractivity contribution in [2.75, 3.05) is 11.0 Å². The van der Waals surface area contributed by atoms with Gasteiger partial charge >= 0.3 is 5.97 Å². The fraction of sp³-hybridized carbons (Fsp3) is 0.273. The summed E-state index contributed by atoms with van der Waals surface area (Å²) in [7, 11) is -3.49. The number of nitriles is 1. The molecule has 0 spiro atoms. The smallest absolute Gasteiger partial charge is 0.341 e. The first-order chi connectivity index (χ1) is 8.33. The summed E-state index contributed by atoms with van der Waals surface area (Å²) >= 11 is 0. The molecular formula is C11H12N2O4S. The second kappa shape index (κ2) is 5.51. The molecule has 0 amide bonds. The van der Waals surface area contributed by atoms with Gasteiger partial charge in [0.2, 0.25) is 10.0 Å². The van der Waals surface area contributed by atoms with E-state index in [4.69, 9.17) is 10.00 Å². The number of benzene rings is 1. The number of esters is 1. The molecule has 0 aromatic heterocycles. The molecule has 1 unspecified atom stereocenters. The molecule has 1 aromatic rings. The maximum Gasteiger partial charge on any atom is 0.341 e. The third-order valence-electron chi connectivity index (χ3n) is 1.91. The van der Waals surface area contributed by atoms with Gasteiger partial charge in [0.05, 0.1) is 17.5 Å². The Hall–Kier alpha value is -2.07. The molecule has 0 radical (unpaired) electrons. The molecule has 96 valence electrons. The largest absolute Gasteiger partial charge is 0.444 e. The molecule has 0 saturated carbocycles. The highest BCUT2D eigenvalue weighted by Crippen LogP contribution is 2.17. The van der Waals surface area contributed by atoms with Gasteiger partial charge < -0.3 is 4.74 Å². The SMILES string of the molecule is CC(C#N)OC(=O)c1ccccc1NS(C)(=O)=O. The van der Waals surface area contributed by atoms with Crippen LogP contribution in [0.25, 0.3) is 0 Å². The summed E-state index contributed by atoms with van der Waals surface area (Å²) in [6, 6.07) is 7.76. The molecular weight excluding hydrogens is 256 g/mol. The van der Waals surface area contributed by atoms with Crippen molar-refractivity contribution in [3.05, 3.63) is 29.8 Å². The van der Waals surface area contributed by atoms with Gasteiger partial charge in [0.1, 0.15) is 6.07 Å². The zero-order chi connectivity index (χ0) is 13.8. The van der Waals surface area contributed by atoms with Crippen LogP contribution in [-0.2, 0) is 14.8 Å². The molecule has 0 saturated heterocycles. The molecule has 0 aliphatic heterocycles. The number of carbonyl (C=O) groups is 1. The van der Waals surface area contributed by atoms with Gasteiger partial charge in [-0.05, 0) is 19.1 Å². The first-order valence-electron chi connectivity index (χ1n) is 5.01. The molecule has 0 aliphatic rings. The average molecular weight is 268 g/mol. The van der Waals surface area contributed by atoms with Gasteiger partial charge in [0.15, 0.2) is 6.10 Å². The summed E-state index contributed by atoms with van der Waals surface area (Å²) in [4.78, 5) is 11.7. The van der Waals surface area contributed by atoms with Crippen LogP contribution in [0.5, 0.6) is 0 Å². The molecule has 6 nitrogen and oxygen atoms in total. The summed E-state index contributed by atoms with van der Waals surface area (Å²) in [5.41, 5.74) is 0.181. The Morgan fingerprint density at radius 1 is 1.44 bits per heavy atom. The third kappa shape index (κ3) is 4.07. The van der Waals surface area contributed by atoms with Crippen LogP contribution in [0, 0.1) is 11.3 Å². The van der Waals surface area contributed by atoms with Gasteiger partial charge in [-0.25, -0.2) is 13.2 Å².